The molecular weight excluding hydrogens is 877 g/mol. The first kappa shape index (κ1) is 64.2. The zero-order valence-corrected chi connectivity index (χ0v) is 45.2. The molecule has 0 spiro atoms. The number of nitrogens with one attached hydrogen (secondary N) is 6. The predicted octanol–water partition coefficient (Wildman–Crippen LogP) is 8.49. The van der Waals surface area contributed by atoms with Gasteiger partial charge in [0.15, 0.2) is 31.0 Å². The lowest BCUT2D eigenvalue weighted by Gasteiger charge is -2.10. The van der Waals surface area contributed by atoms with Crippen molar-refractivity contribution in [1.29, 1.82) is 0 Å². The van der Waals surface area contributed by atoms with Gasteiger partial charge in [-0.15, -0.1) is 11.8 Å². The summed E-state index contributed by atoms with van der Waals surface area (Å²) in [5.41, 5.74) is 0. The molecule has 21 heteroatoms. The Labute approximate surface area is 390 Å². The maximum absolute atomic E-state index is 4.32. The van der Waals surface area contributed by atoms with Gasteiger partial charge in [-0.05, 0) is 119 Å². The molecule has 6 N–H and O–H groups in total. The van der Waals surface area contributed by atoms with E-state index in [1.165, 1.54) is 17.8 Å². The molecule has 3 rings (SSSR count). The van der Waals surface area contributed by atoms with E-state index in [4.69, 9.17) is 0 Å². The molecule has 3 heterocycles. The molecule has 2 aliphatic rings. The molecule has 0 saturated heterocycles. The highest BCUT2D eigenvalue weighted by Gasteiger charge is 2.00. The van der Waals surface area contributed by atoms with Crippen molar-refractivity contribution < 1.29 is 0 Å². The third kappa shape index (κ3) is 49.1. The summed E-state index contributed by atoms with van der Waals surface area (Å²) in [5.74, 6) is 0. The summed E-state index contributed by atoms with van der Waals surface area (Å²) in [6.45, 7) is 29.4. The number of thioether (sulfide) groups is 7. The van der Waals surface area contributed by atoms with Gasteiger partial charge in [0.25, 0.3) is 0 Å². The predicted molar refractivity (Wildman–Crippen MR) is 287 cm³/mol. The van der Waals surface area contributed by atoms with Crippen molar-refractivity contribution in [1.82, 2.24) is 41.8 Å². The zero-order valence-electron chi connectivity index (χ0n) is 39.4. The minimum Gasteiger partial charge on any atom is -0.365 e. The smallest absolute Gasteiger partial charge is 0.183 e. The largest absolute Gasteiger partial charge is 0.365 e. The Hall–Kier alpha value is -1.39. The molecule has 0 unspecified atom stereocenters. The lowest BCUT2D eigenvalue weighted by atomic mass is 10.4. The third-order valence-corrected chi connectivity index (χ3v) is 10.5. The van der Waals surface area contributed by atoms with Gasteiger partial charge < -0.3 is 26.6 Å². The second kappa shape index (κ2) is 51.0. The van der Waals surface area contributed by atoms with Gasteiger partial charge in [-0.2, -0.15) is 5.10 Å². The molecule has 0 aliphatic carbocycles. The van der Waals surface area contributed by atoms with Gasteiger partial charge in [0.2, 0.25) is 0 Å². The highest BCUT2D eigenvalue weighted by Crippen LogP contribution is 2.03. The Bertz CT molecular complexity index is 1230. The van der Waals surface area contributed by atoms with E-state index in [-0.39, 0.29) is 0 Å². The molecule has 0 amide bonds. The summed E-state index contributed by atoms with van der Waals surface area (Å²) in [5, 5.41) is 29.5. The summed E-state index contributed by atoms with van der Waals surface area (Å²) in [4.78, 5) is 29.2. The SMILES string of the molecule is CCCN=C(NCC)SC.CCN=C(NC(C)C)SC.CCN=C(NCC)SC.CSC(C)=NC(C)C.CSC1=NCCCN1.CSC1=NCCN1.CSc1ncn[nH]1. The fourth-order valence-corrected chi connectivity index (χ4v) is 6.69. The molecular formula is C38H82N14S7. The summed E-state index contributed by atoms with van der Waals surface area (Å²) >= 11 is 11.6. The number of H-pyrrole nitrogens is 1. The molecule has 0 fully saturated rings. The van der Waals surface area contributed by atoms with Gasteiger partial charge in [0.05, 0.1) is 11.6 Å². The Morgan fingerprint density at radius 3 is 1.51 bits per heavy atom. The van der Waals surface area contributed by atoms with Crippen LogP contribution in [0.4, 0.5) is 0 Å². The van der Waals surface area contributed by atoms with Gasteiger partial charge in [0.1, 0.15) is 6.33 Å². The van der Waals surface area contributed by atoms with E-state index in [1.807, 2.05) is 64.6 Å². The molecule has 0 saturated carbocycles. The van der Waals surface area contributed by atoms with Gasteiger partial charge in [-0.25, -0.2) is 4.98 Å². The van der Waals surface area contributed by atoms with E-state index in [0.717, 1.165) is 96.3 Å². The molecule has 14 nitrogen and oxygen atoms in total. The quantitative estimate of drug-likeness (QED) is 0.0790. The molecule has 2 aliphatic heterocycles. The molecule has 346 valence electrons. The average Bonchev–Trinajstić information content (AvgIpc) is 3.99. The van der Waals surface area contributed by atoms with Crippen LogP contribution in [-0.4, -0.2) is 161 Å². The fourth-order valence-electron chi connectivity index (χ4n) is 3.47. The summed E-state index contributed by atoms with van der Waals surface area (Å²) in [6.07, 6.45) is 17.9. The van der Waals surface area contributed by atoms with Gasteiger partial charge in [-0.3, -0.25) is 35.1 Å². The summed E-state index contributed by atoms with van der Waals surface area (Å²) in [6, 6.07) is 0.931. The van der Waals surface area contributed by atoms with Crippen molar-refractivity contribution in [2.24, 2.45) is 30.0 Å². The number of hydrogen-bond donors (Lipinski definition) is 6. The zero-order chi connectivity index (χ0) is 45.5. The van der Waals surface area contributed by atoms with Crippen LogP contribution in [0.15, 0.2) is 41.4 Å². The highest BCUT2D eigenvalue weighted by molar-refractivity contribution is 8.14. The van der Waals surface area contributed by atoms with Crippen LogP contribution in [0.3, 0.4) is 0 Å². The van der Waals surface area contributed by atoms with Crippen molar-refractivity contribution in [2.45, 2.75) is 99.3 Å². The third-order valence-electron chi connectivity index (χ3n) is 5.95. The van der Waals surface area contributed by atoms with Gasteiger partial charge >= 0.3 is 0 Å². The van der Waals surface area contributed by atoms with E-state index in [0.29, 0.717) is 12.1 Å². The van der Waals surface area contributed by atoms with E-state index in [2.05, 4.69) is 120 Å². The second-order valence-electron chi connectivity index (χ2n) is 11.6. The van der Waals surface area contributed by atoms with Crippen LogP contribution in [0.25, 0.3) is 0 Å². The van der Waals surface area contributed by atoms with Crippen LogP contribution in [0, 0.1) is 0 Å². The maximum Gasteiger partial charge on any atom is 0.183 e. The summed E-state index contributed by atoms with van der Waals surface area (Å²) in [7, 11) is 0. The molecule has 0 bridgehead atoms. The van der Waals surface area contributed by atoms with Gasteiger partial charge in [-0.1, -0.05) is 77.5 Å². The maximum atomic E-state index is 4.32. The minimum absolute atomic E-state index is 0.447. The number of aromatic amines is 1. The molecule has 0 radical (unpaired) electrons. The molecule has 0 aromatic carbocycles. The van der Waals surface area contributed by atoms with E-state index in [1.54, 1.807) is 82.3 Å². The van der Waals surface area contributed by atoms with E-state index < -0.39 is 0 Å². The minimum atomic E-state index is 0.447. The number of hydrogen-bond acceptors (Lipinski definition) is 17. The van der Waals surface area contributed by atoms with Crippen molar-refractivity contribution in [3.8, 4) is 0 Å². The van der Waals surface area contributed by atoms with Crippen molar-refractivity contribution in [3.63, 3.8) is 0 Å². The number of amidine groups is 5. The number of rotatable bonds is 9. The average molecular weight is 960 g/mol. The second-order valence-corrected chi connectivity index (χ2v) is 17.4. The Morgan fingerprint density at radius 2 is 1.22 bits per heavy atom. The molecule has 1 aromatic heterocycles. The lowest BCUT2D eigenvalue weighted by molar-refractivity contribution is 0.738. The Balaban J connectivity index is -0.000000300. The lowest BCUT2D eigenvalue weighted by Crippen LogP contribution is -2.27. The summed E-state index contributed by atoms with van der Waals surface area (Å²) < 4.78 is 0. The molecule has 59 heavy (non-hydrogen) atoms. The van der Waals surface area contributed by atoms with Crippen molar-refractivity contribution in [3.05, 3.63) is 6.33 Å². The van der Waals surface area contributed by atoms with Crippen molar-refractivity contribution >= 4 is 113 Å². The van der Waals surface area contributed by atoms with Crippen LogP contribution in [0.2, 0.25) is 0 Å². The van der Waals surface area contributed by atoms with Gasteiger partial charge in [0, 0.05) is 64.4 Å². The van der Waals surface area contributed by atoms with Crippen LogP contribution in [-0.2, 0) is 0 Å². The normalized spacial score (nSPS) is 13.5. The van der Waals surface area contributed by atoms with E-state index >= 15 is 0 Å². The standard InChI is InChI=1S/2C7H16N2S.C6H14N2S.C6H13NS.C5H10N2S.C4H8N2S.C3H5N3S/c1-5-8-7(10-4)9-6(2)3;1-4-6-9-7(10-3)8-5-2;1-4-7-6(9-3)8-5-2;1-5(2)7-6(3)8-4;1-8-5-6-3-2-4-7-5;1-7-4-5-2-3-6-4;1-7-3-4-2-5-6-3/h6H,5H2,1-4H3,(H,8,9);4-6H2,1-3H3,(H,8,9);4-5H2,1-3H3,(H,7,8);5H,1-4H3;2-4H2,1H3,(H,6,7);2-3H2,1H3,(H,5,6);2H,1H3,(H,4,5,6). The number of aliphatic imine (C=N–C) groups is 6. The topological polar surface area (TPSA) is 176 Å². The first-order valence-electron chi connectivity index (χ1n) is 20.0. The highest BCUT2D eigenvalue weighted by atomic mass is 32.2. The number of aromatic nitrogens is 3. The van der Waals surface area contributed by atoms with E-state index in [9.17, 15) is 0 Å². The molecule has 0 atom stereocenters. The van der Waals surface area contributed by atoms with Crippen LogP contribution >= 0.6 is 82.3 Å². The molecule has 1 aromatic rings. The first-order valence-corrected chi connectivity index (χ1v) is 28.6. The Morgan fingerprint density at radius 1 is 0.695 bits per heavy atom. The number of nitrogens with zero attached hydrogens (tertiary/aromatic N) is 8. The van der Waals surface area contributed by atoms with Crippen LogP contribution in [0.5, 0.6) is 0 Å². The van der Waals surface area contributed by atoms with Crippen molar-refractivity contribution in [2.75, 3.05) is 103 Å². The monoisotopic (exact) mass is 958 g/mol. The first-order chi connectivity index (χ1) is 28.4. The van der Waals surface area contributed by atoms with Crippen LogP contribution < -0.4 is 26.6 Å². The Kier molecular flexibility index (Phi) is 55.5. The van der Waals surface area contributed by atoms with Crippen LogP contribution in [0.1, 0.15) is 82.1 Å². The fraction of sp³-hybridized carbons (Fsp3) is 0.789.